The highest BCUT2D eigenvalue weighted by Crippen LogP contribution is 2.46. The fourth-order valence-electron chi connectivity index (χ4n) is 4.91. The molecule has 1 saturated heterocycles. The monoisotopic (exact) mass is 316 g/mol. The number of hydrogen-bond donors (Lipinski definition) is 0. The van der Waals surface area contributed by atoms with Crippen LogP contribution in [0.2, 0.25) is 0 Å². The quantitative estimate of drug-likeness (QED) is 0.633. The van der Waals surface area contributed by atoms with Gasteiger partial charge in [0.15, 0.2) is 0 Å². The van der Waals surface area contributed by atoms with Crippen molar-refractivity contribution in [2.75, 3.05) is 31.1 Å². The summed E-state index contributed by atoms with van der Waals surface area (Å²) in [5.41, 5.74) is 0.972. The molecule has 124 valence electrons. The number of nitrogens with zero attached hydrogens (tertiary/aromatic N) is 4. The number of hydrogen-bond acceptors (Lipinski definition) is 5. The lowest BCUT2D eigenvalue weighted by Gasteiger charge is -2.41. The summed E-state index contributed by atoms with van der Waals surface area (Å²) in [5.74, 6) is 2.83. The van der Waals surface area contributed by atoms with Crippen LogP contribution in [0.25, 0.3) is 0 Å². The molecule has 6 heteroatoms. The summed E-state index contributed by atoms with van der Waals surface area (Å²) in [6.07, 6.45) is 7.11. The highest BCUT2D eigenvalue weighted by atomic mass is 16.6. The summed E-state index contributed by atoms with van der Waals surface area (Å²) >= 11 is 0. The highest BCUT2D eigenvalue weighted by molar-refractivity contribution is 5.50. The van der Waals surface area contributed by atoms with Crippen molar-refractivity contribution < 1.29 is 4.92 Å². The molecule has 1 aliphatic heterocycles. The van der Waals surface area contributed by atoms with Crippen LogP contribution in [0.5, 0.6) is 0 Å². The predicted octanol–water partition coefficient (Wildman–Crippen LogP) is 2.61. The van der Waals surface area contributed by atoms with Gasteiger partial charge in [0.05, 0.1) is 4.92 Å². The highest BCUT2D eigenvalue weighted by Gasteiger charge is 2.42. The summed E-state index contributed by atoms with van der Waals surface area (Å²) in [6, 6.07) is 2.44. The normalized spacial score (nSPS) is 30.8. The summed E-state index contributed by atoms with van der Waals surface area (Å²) < 4.78 is 0. The largest absolute Gasteiger partial charge is 0.354 e. The molecule has 6 nitrogen and oxygen atoms in total. The van der Waals surface area contributed by atoms with Crippen LogP contribution >= 0.6 is 0 Å². The van der Waals surface area contributed by atoms with Crippen LogP contribution in [-0.2, 0) is 0 Å². The zero-order chi connectivity index (χ0) is 16.0. The lowest BCUT2D eigenvalue weighted by molar-refractivity contribution is -0.385. The molecule has 4 rings (SSSR count). The zero-order valence-corrected chi connectivity index (χ0v) is 13.6. The molecule has 0 spiro atoms. The van der Waals surface area contributed by atoms with Gasteiger partial charge in [-0.25, -0.2) is 4.98 Å². The van der Waals surface area contributed by atoms with Crippen molar-refractivity contribution >= 4 is 11.5 Å². The minimum Gasteiger partial charge on any atom is -0.354 e. The van der Waals surface area contributed by atoms with Gasteiger partial charge in [0.2, 0.25) is 0 Å². The van der Waals surface area contributed by atoms with Gasteiger partial charge in [-0.05, 0) is 43.6 Å². The van der Waals surface area contributed by atoms with Crippen molar-refractivity contribution in [2.24, 2.45) is 11.8 Å². The SMILES string of the molecule is Cc1cc([N+](=O)[O-])cnc1N1CCN(C2CC3CCC2C3)CC1. The third kappa shape index (κ3) is 2.69. The first-order chi connectivity index (χ1) is 11.1. The third-order valence-electron chi connectivity index (χ3n) is 6.03. The van der Waals surface area contributed by atoms with E-state index in [0.717, 1.165) is 55.4 Å². The first-order valence-corrected chi connectivity index (χ1v) is 8.72. The summed E-state index contributed by atoms with van der Waals surface area (Å²) in [6.45, 7) is 6.04. The number of piperazine rings is 1. The molecule has 2 saturated carbocycles. The van der Waals surface area contributed by atoms with Crippen molar-refractivity contribution in [2.45, 2.75) is 38.6 Å². The number of aryl methyl sites for hydroxylation is 1. The van der Waals surface area contributed by atoms with Crippen LogP contribution in [0.15, 0.2) is 12.3 Å². The van der Waals surface area contributed by atoms with E-state index in [1.807, 2.05) is 6.92 Å². The molecule has 0 aromatic carbocycles. The zero-order valence-electron chi connectivity index (χ0n) is 13.6. The van der Waals surface area contributed by atoms with Gasteiger partial charge in [-0.2, -0.15) is 0 Å². The molecule has 3 unspecified atom stereocenters. The number of aromatic nitrogens is 1. The van der Waals surface area contributed by atoms with E-state index in [2.05, 4.69) is 14.8 Å². The molecule has 23 heavy (non-hydrogen) atoms. The van der Waals surface area contributed by atoms with Gasteiger partial charge in [-0.15, -0.1) is 0 Å². The van der Waals surface area contributed by atoms with E-state index in [4.69, 9.17) is 0 Å². The van der Waals surface area contributed by atoms with Gasteiger partial charge in [-0.1, -0.05) is 6.42 Å². The second kappa shape index (κ2) is 5.74. The first kappa shape index (κ1) is 14.9. The van der Waals surface area contributed by atoms with Crippen molar-refractivity contribution in [1.82, 2.24) is 9.88 Å². The van der Waals surface area contributed by atoms with Crippen molar-refractivity contribution in [1.29, 1.82) is 0 Å². The van der Waals surface area contributed by atoms with Crippen LogP contribution in [-0.4, -0.2) is 47.0 Å². The van der Waals surface area contributed by atoms with E-state index in [9.17, 15) is 10.1 Å². The molecule has 1 aromatic heterocycles. The molecule has 3 atom stereocenters. The van der Waals surface area contributed by atoms with Crippen LogP contribution in [0.4, 0.5) is 11.5 Å². The molecule has 2 heterocycles. The Hall–Kier alpha value is -1.69. The fourth-order valence-corrected chi connectivity index (χ4v) is 4.91. The van der Waals surface area contributed by atoms with E-state index < -0.39 is 0 Å². The smallest absolute Gasteiger partial charge is 0.287 e. The molecule has 0 amide bonds. The Bertz CT molecular complexity index is 613. The topological polar surface area (TPSA) is 62.5 Å². The second-order valence-electron chi connectivity index (χ2n) is 7.36. The lowest BCUT2D eigenvalue weighted by atomic mass is 9.93. The Morgan fingerprint density at radius 2 is 2.00 bits per heavy atom. The van der Waals surface area contributed by atoms with Crippen LogP contribution in [0.1, 0.15) is 31.2 Å². The number of nitro groups is 1. The molecular weight excluding hydrogens is 292 g/mol. The van der Waals surface area contributed by atoms with Gasteiger partial charge in [-0.3, -0.25) is 15.0 Å². The summed E-state index contributed by atoms with van der Waals surface area (Å²) in [4.78, 5) is 19.8. The number of anilines is 1. The maximum atomic E-state index is 10.8. The van der Waals surface area contributed by atoms with Gasteiger partial charge < -0.3 is 4.90 Å². The Labute approximate surface area is 136 Å². The van der Waals surface area contributed by atoms with Crippen molar-refractivity contribution in [3.05, 3.63) is 27.9 Å². The molecular formula is C17H24N4O2. The number of pyridine rings is 1. The lowest BCUT2D eigenvalue weighted by Crippen LogP contribution is -2.52. The molecule has 0 N–H and O–H groups in total. The Morgan fingerprint density at radius 1 is 1.22 bits per heavy atom. The average molecular weight is 316 g/mol. The molecule has 2 bridgehead atoms. The molecule has 3 aliphatic rings. The van der Waals surface area contributed by atoms with Gasteiger partial charge >= 0.3 is 0 Å². The predicted molar refractivity (Wildman–Crippen MR) is 88.7 cm³/mol. The fraction of sp³-hybridized carbons (Fsp3) is 0.706. The summed E-state index contributed by atoms with van der Waals surface area (Å²) in [7, 11) is 0. The van der Waals surface area contributed by atoms with Crippen LogP contribution in [0.3, 0.4) is 0 Å². The Kier molecular flexibility index (Phi) is 3.71. The number of fused-ring (bicyclic) bond motifs is 2. The minimum atomic E-state index is -0.378. The molecule has 0 radical (unpaired) electrons. The van der Waals surface area contributed by atoms with Crippen molar-refractivity contribution in [3.63, 3.8) is 0 Å². The van der Waals surface area contributed by atoms with E-state index in [0.29, 0.717) is 0 Å². The van der Waals surface area contributed by atoms with Crippen LogP contribution in [0, 0.1) is 28.9 Å². The minimum absolute atomic E-state index is 0.0758. The number of rotatable bonds is 3. The maximum Gasteiger partial charge on any atom is 0.287 e. The van der Waals surface area contributed by atoms with Gasteiger partial charge in [0.25, 0.3) is 5.69 Å². The van der Waals surface area contributed by atoms with E-state index in [1.54, 1.807) is 6.07 Å². The van der Waals surface area contributed by atoms with E-state index in [-0.39, 0.29) is 10.6 Å². The van der Waals surface area contributed by atoms with Gasteiger partial charge in [0.1, 0.15) is 12.0 Å². The average Bonchev–Trinajstić information content (AvgIpc) is 3.18. The molecule has 1 aromatic rings. The Morgan fingerprint density at radius 3 is 2.57 bits per heavy atom. The van der Waals surface area contributed by atoms with Crippen molar-refractivity contribution in [3.8, 4) is 0 Å². The Balaban J connectivity index is 1.40. The molecule has 3 fully saturated rings. The maximum absolute atomic E-state index is 10.8. The summed E-state index contributed by atoms with van der Waals surface area (Å²) in [5, 5.41) is 10.8. The van der Waals surface area contributed by atoms with Gasteiger partial charge in [0, 0.05) is 38.3 Å². The third-order valence-corrected chi connectivity index (χ3v) is 6.03. The van der Waals surface area contributed by atoms with E-state index in [1.165, 1.54) is 31.9 Å². The first-order valence-electron chi connectivity index (χ1n) is 8.72. The van der Waals surface area contributed by atoms with E-state index >= 15 is 0 Å². The second-order valence-corrected chi connectivity index (χ2v) is 7.36. The van der Waals surface area contributed by atoms with Crippen LogP contribution < -0.4 is 4.90 Å². The molecule has 2 aliphatic carbocycles. The standard InChI is InChI=1S/C17H24N4O2/c1-12-8-15(21(22)23)11-18-17(12)20-6-4-19(5-7-20)16-10-13-2-3-14(16)9-13/h8,11,13-14,16H,2-7,9-10H2,1H3.